The number of carbonyl (C=O) groups is 1. The topological polar surface area (TPSA) is 45.5 Å². The Labute approximate surface area is 156 Å². The summed E-state index contributed by atoms with van der Waals surface area (Å²) in [5.41, 5.74) is 6.48. The maximum Gasteiger partial charge on any atom is 0.274 e. The monoisotopic (exact) mass is 354 g/mol. The summed E-state index contributed by atoms with van der Waals surface area (Å²) in [7, 11) is 0. The van der Waals surface area contributed by atoms with Gasteiger partial charge >= 0.3 is 0 Å². The van der Waals surface area contributed by atoms with Gasteiger partial charge in [-0.1, -0.05) is 39.8 Å². The molecule has 0 saturated heterocycles. The number of rotatable bonds is 2. The largest absolute Gasteiger partial charge is 0.392 e. The molecule has 1 aromatic heterocycles. The second kappa shape index (κ2) is 6.92. The number of aryl methyl sites for hydroxylation is 1. The van der Waals surface area contributed by atoms with Crippen molar-refractivity contribution in [1.29, 1.82) is 0 Å². The summed E-state index contributed by atoms with van der Waals surface area (Å²) in [6.07, 6.45) is 2.09. The van der Waals surface area contributed by atoms with Gasteiger partial charge in [-0.05, 0) is 48.4 Å². The molecule has 1 aromatic carbocycles. The lowest BCUT2D eigenvalue weighted by Gasteiger charge is -2.31. The van der Waals surface area contributed by atoms with Crippen LogP contribution in [-0.4, -0.2) is 22.1 Å². The van der Waals surface area contributed by atoms with Crippen LogP contribution in [0, 0.1) is 12.3 Å². The predicted octanol–water partition coefficient (Wildman–Crippen LogP) is 4.10. The summed E-state index contributed by atoms with van der Waals surface area (Å²) in [6, 6.07) is 7.95. The highest BCUT2D eigenvalue weighted by Crippen LogP contribution is 2.39. The summed E-state index contributed by atoms with van der Waals surface area (Å²) in [5, 5.41) is 9.72. The van der Waals surface area contributed by atoms with E-state index in [1.54, 1.807) is 0 Å². The van der Waals surface area contributed by atoms with Crippen LogP contribution < -0.4 is 4.90 Å². The molecule has 26 heavy (non-hydrogen) atoms. The molecule has 2 aromatic rings. The zero-order valence-electron chi connectivity index (χ0n) is 16.6. The minimum Gasteiger partial charge on any atom is -0.392 e. The van der Waals surface area contributed by atoms with Crippen molar-refractivity contribution in [3.05, 3.63) is 52.3 Å². The molecule has 0 unspecified atom stereocenters. The van der Waals surface area contributed by atoms with Gasteiger partial charge in [0.25, 0.3) is 5.91 Å². The van der Waals surface area contributed by atoms with Crippen LogP contribution in [0.15, 0.2) is 24.3 Å². The quantitative estimate of drug-likeness (QED) is 0.882. The van der Waals surface area contributed by atoms with E-state index in [-0.39, 0.29) is 12.5 Å². The highest BCUT2D eigenvalue weighted by atomic mass is 16.3. The second-order valence-corrected chi connectivity index (χ2v) is 7.86. The van der Waals surface area contributed by atoms with E-state index in [0.29, 0.717) is 12.0 Å². The Morgan fingerprint density at radius 3 is 2.58 bits per heavy atom. The Morgan fingerprint density at radius 2 is 1.88 bits per heavy atom. The van der Waals surface area contributed by atoms with Crippen LogP contribution in [-0.2, 0) is 26.0 Å². The molecular formula is C22H30N2O2. The van der Waals surface area contributed by atoms with E-state index in [2.05, 4.69) is 24.5 Å². The first-order chi connectivity index (χ1) is 12.4. The number of hydrogen-bond acceptors (Lipinski definition) is 2. The number of hydrogen-bond donors (Lipinski definition) is 1. The molecule has 0 saturated carbocycles. The maximum absolute atomic E-state index is 13.1. The third-order valence-electron chi connectivity index (χ3n) is 5.46. The van der Waals surface area contributed by atoms with Gasteiger partial charge in [-0.2, -0.15) is 0 Å². The maximum atomic E-state index is 13.1. The Bertz CT molecular complexity index is 833. The molecule has 4 heteroatoms. The zero-order chi connectivity index (χ0) is 19.1. The third kappa shape index (κ3) is 2.96. The average molecular weight is 354 g/mol. The molecule has 0 bridgehead atoms. The molecule has 0 radical (unpaired) electrons. The predicted molar refractivity (Wildman–Crippen MR) is 106 cm³/mol. The number of anilines is 1. The Hall–Kier alpha value is -2.07. The van der Waals surface area contributed by atoms with Crippen molar-refractivity contribution in [3.63, 3.8) is 0 Å². The highest BCUT2D eigenvalue weighted by Gasteiger charge is 2.37. The number of amides is 1. The van der Waals surface area contributed by atoms with Gasteiger partial charge in [0.05, 0.1) is 6.61 Å². The van der Waals surface area contributed by atoms with Gasteiger partial charge in [-0.15, -0.1) is 0 Å². The van der Waals surface area contributed by atoms with Crippen LogP contribution in [0.5, 0.6) is 0 Å². The van der Waals surface area contributed by atoms with Crippen molar-refractivity contribution >= 4 is 11.6 Å². The highest BCUT2D eigenvalue weighted by molar-refractivity contribution is 6.06. The lowest BCUT2D eigenvalue weighted by Crippen LogP contribution is -2.41. The SMILES string of the molecule is CC.Cc1cccc(N2CCn3c(cc4c3CC(C)(C)C4)C2=O)c1CO. The number of aliphatic hydroxyl groups is 1. The molecular weight excluding hydrogens is 324 g/mol. The van der Waals surface area contributed by atoms with Crippen LogP contribution in [0.25, 0.3) is 0 Å². The molecule has 4 nitrogen and oxygen atoms in total. The zero-order valence-corrected chi connectivity index (χ0v) is 16.6. The van der Waals surface area contributed by atoms with E-state index < -0.39 is 0 Å². The van der Waals surface area contributed by atoms with Crippen LogP contribution in [0.2, 0.25) is 0 Å². The lowest BCUT2D eigenvalue weighted by molar-refractivity contribution is 0.0963. The van der Waals surface area contributed by atoms with E-state index >= 15 is 0 Å². The fraction of sp³-hybridized carbons (Fsp3) is 0.500. The second-order valence-electron chi connectivity index (χ2n) is 7.86. The lowest BCUT2D eigenvalue weighted by atomic mass is 9.90. The molecule has 0 fully saturated rings. The normalized spacial score (nSPS) is 17.5. The summed E-state index contributed by atoms with van der Waals surface area (Å²) < 4.78 is 2.22. The number of nitrogens with zero attached hydrogens (tertiary/aromatic N) is 2. The number of benzene rings is 1. The van der Waals surface area contributed by atoms with Gasteiger partial charge in [-0.3, -0.25) is 4.79 Å². The smallest absolute Gasteiger partial charge is 0.274 e. The molecule has 1 aliphatic heterocycles. The standard InChI is InChI=1S/C20H24N2O2.C2H6/c1-13-5-4-6-16(15(13)12-23)22-8-7-21-17(19(22)24)9-14-10-20(2,3)11-18(14)21;1-2/h4-6,9,23H,7-8,10-12H2,1-3H3;1-2H3. The van der Waals surface area contributed by atoms with Gasteiger partial charge < -0.3 is 14.6 Å². The molecule has 140 valence electrons. The number of carbonyl (C=O) groups excluding carboxylic acids is 1. The van der Waals surface area contributed by atoms with Crippen molar-refractivity contribution in [2.75, 3.05) is 11.4 Å². The minimum atomic E-state index is -0.0442. The minimum absolute atomic E-state index is 0.0442. The Kier molecular flexibility index (Phi) is 4.98. The summed E-state index contributed by atoms with van der Waals surface area (Å²) in [6.45, 7) is 12.0. The van der Waals surface area contributed by atoms with E-state index in [0.717, 1.165) is 41.9 Å². The molecule has 1 aliphatic carbocycles. The van der Waals surface area contributed by atoms with Crippen molar-refractivity contribution in [1.82, 2.24) is 4.57 Å². The summed E-state index contributed by atoms with van der Waals surface area (Å²) in [5.74, 6) is 0.0498. The first kappa shape index (κ1) is 18.7. The number of aliphatic hydroxyl groups excluding tert-OH is 1. The fourth-order valence-corrected chi connectivity index (χ4v) is 4.29. The van der Waals surface area contributed by atoms with Gasteiger partial charge in [-0.25, -0.2) is 0 Å². The molecule has 1 amide bonds. The van der Waals surface area contributed by atoms with E-state index in [1.807, 2.05) is 43.9 Å². The van der Waals surface area contributed by atoms with Gasteiger partial charge in [0.1, 0.15) is 5.69 Å². The van der Waals surface area contributed by atoms with Crippen molar-refractivity contribution in [2.24, 2.45) is 5.41 Å². The summed E-state index contributed by atoms with van der Waals surface area (Å²) >= 11 is 0. The Morgan fingerprint density at radius 1 is 1.15 bits per heavy atom. The van der Waals surface area contributed by atoms with Crippen LogP contribution in [0.3, 0.4) is 0 Å². The molecule has 4 rings (SSSR count). The van der Waals surface area contributed by atoms with E-state index in [1.165, 1.54) is 11.3 Å². The first-order valence-electron chi connectivity index (χ1n) is 9.64. The van der Waals surface area contributed by atoms with Crippen LogP contribution in [0.4, 0.5) is 5.69 Å². The van der Waals surface area contributed by atoms with Crippen LogP contribution >= 0.6 is 0 Å². The summed E-state index contributed by atoms with van der Waals surface area (Å²) in [4.78, 5) is 14.9. The average Bonchev–Trinajstić information content (AvgIpc) is 3.09. The third-order valence-corrected chi connectivity index (χ3v) is 5.46. The first-order valence-corrected chi connectivity index (χ1v) is 9.64. The molecule has 2 aliphatic rings. The molecule has 1 N–H and O–H groups in total. The van der Waals surface area contributed by atoms with Gasteiger partial charge in [0.15, 0.2) is 0 Å². The van der Waals surface area contributed by atoms with E-state index in [4.69, 9.17) is 0 Å². The van der Waals surface area contributed by atoms with Crippen molar-refractivity contribution in [3.8, 4) is 0 Å². The van der Waals surface area contributed by atoms with Crippen molar-refractivity contribution < 1.29 is 9.90 Å². The van der Waals surface area contributed by atoms with Gasteiger partial charge in [0.2, 0.25) is 0 Å². The van der Waals surface area contributed by atoms with E-state index in [9.17, 15) is 9.90 Å². The Balaban J connectivity index is 0.000000948. The fourth-order valence-electron chi connectivity index (χ4n) is 4.29. The van der Waals surface area contributed by atoms with Crippen LogP contribution in [0.1, 0.15) is 60.6 Å². The molecule has 0 atom stereocenters. The molecule has 0 spiro atoms. The number of fused-ring (bicyclic) bond motifs is 3. The number of aromatic nitrogens is 1. The van der Waals surface area contributed by atoms with Crippen molar-refractivity contribution in [2.45, 2.75) is 60.6 Å². The van der Waals surface area contributed by atoms with Gasteiger partial charge in [0, 0.05) is 30.0 Å². The molecule has 2 heterocycles.